The molecule has 2 aromatic rings. The van der Waals surface area contributed by atoms with Gasteiger partial charge in [-0.15, -0.1) is 10.2 Å². The quantitative estimate of drug-likeness (QED) is 0.590. The molecule has 0 aliphatic rings. The minimum atomic E-state index is -0.435. The van der Waals surface area contributed by atoms with Gasteiger partial charge in [0.1, 0.15) is 0 Å². The summed E-state index contributed by atoms with van der Waals surface area (Å²) in [5.41, 5.74) is 0.0662. The van der Waals surface area contributed by atoms with E-state index in [1.165, 1.54) is 28.7 Å². The Hall–Kier alpha value is -1.96. The third-order valence-electron chi connectivity index (χ3n) is 1.75. The van der Waals surface area contributed by atoms with Crippen LogP contribution < -0.4 is 0 Å². The topological polar surface area (TPSA) is 86.7 Å². The van der Waals surface area contributed by atoms with E-state index in [1.807, 2.05) is 0 Å². The molecular formula is C8H7N5O2S. The SMILES string of the molecule is Cn1nnc(Sc2ccc([N+](=O)[O-])cc2)n1. The fourth-order valence-corrected chi connectivity index (χ4v) is 1.77. The molecule has 0 fully saturated rings. The number of non-ortho nitro benzene ring substituents is 1. The smallest absolute Gasteiger partial charge is 0.258 e. The van der Waals surface area contributed by atoms with Crippen molar-refractivity contribution in [2.75, 3.05) is 0 Å². The maximum atomic E-state index is 10.4. The van der Waals surface area contributed by atoms with Gasteiger partial charge in [0.25, 0.3) is 5.69 Å². The highest BCUT2D eigenvalue weighted by atomic mass is 32.2. The number of nitro groups is 1. The number of nitrogens with zero attached hydrogens (tertiary/aromatic N) is 5. The second kappa shape index (κ2) is 4.27. The average Bonchev–Trinajstić information content (AvgIpc) is 2.65. The van der Waals surface area contributed by atoms with Crippen molar-refractivity contribution in [1.29, 1.82) is 0 Å². The van der Waals surface area contributed by atoms with Gasteiger partial charge in [0.2, 0.25) is 5.16 Å². The number of benzene rings is 1. The number of tetrazole rings is 1. The van der Waals surface area contributed by atoms with Crippen LogP contribution in [-0.4, -0.2) is 25.1 Å². The molecule has 1 aromatic heterocycles. The maximum Gasteiger partial charge on any atom is 0.269 e. The predicted molar refractivity (Wildman–Crippen MR) is 56.0 cm³/mol. The van der Waals surface area contributed by atoms with Gasteiger partial charge in [-0.25, -0.2) is 0 Å². The number of nitro benzene ring substituents is 1. The second-order valence-electron chi connectivity index (χ2n) is 2.91. The summed E-state index contributed by atoms with van der Waals surface area (Å²) in [5, 5.41) is 22.4. The van der Waals surface area contributed by atoms with E-state index in [-0.39, 0.29) is 5.69 Å². The van der Waals surface area contributed by atoms with Crippen molar-refractivity contribution in [2.24, 2.45) is 7.05 Å². The summed E-state index contributed by atoms with van der Waals surface area (Å²) in [5.74, 6) is 0. The first kappa shape index (κ1) is 10.6. The lowest BCUT2D eigenvalue weighted by Crippen LogP contribution is -1.91. The average molecular weight is 237 g/mol. The highest BCUT2D eigenvalue weighted by Gasteiger charge is 2.07. The van der Waals surface area contributed by atoms with E-state index in [9.17, 15) is 10.1 Å². The van der Waals surface area contributed by atoms with Gasteiger partial charge in [0.15, 0.2) is 0 Å². The lowest BCUT2D eigenvalue weighted by atomic mass is 10.3. The summed E-state index contributed by atoms with van der Waals surface area (Å²) in [6.45, 7) is 0. The number of aryl methyl sites for hydroxylation is 1. The standard InChI is InChI=1S/C8H7N5O2S/c1-12-10-8(9-11-12)16-7-4-2-6(3-5-7)13(14)15/h2-5H,1H3. The van der Waals surface area contributed by atoms with Crippen molar-refractivity contribution < 1.29 is 4.92 Å². The molecule has 8 heteroatoms. The molecule has 2 rings (SSSR count). The summed E-state index contributed by atoms with van der Waals surface area (Å²) in [4.78, 5) is 12.2. The Morgan fingerprint density at radius 1 is 1.38 bits per heavy atom. The fraction of sp³-hybridized carbons (Fsp3) is 0.125. The molecule has 0 amide bonds. The van der Waals surface area contributed by atoms with E-state index in [4.69, 9.17) is 0 Å². The maximum absolute atomic E-state index is 10.4. The molecule has 1 aromatic carbocycles. The number of hydrogen-bond donors (Lipinski definition) is 0. The monoisotopic (exact) mass is 237 g/mol. The Bertz CT molecular complexity index is 509. The largest absolute Gasteiger partial charge is 0.269 e. The van der Waals surface area contributed by atoms with Crippen LogP contribution in [0, 0.1) is 10.1 Å². The Kier molecular flexibility index (Phi) is 2.82. The molecule has 0 saturated heterocycles. The lowest BCUT2D eigenvalue weighted by Gasteiger charge is -1.95. The highest BCUT2D eigenvalue weighted by Crippen LogP contribution is 2.25. The summed E-state index contributed by atoms with van der Waals surface area (Å²) in [6.07, 6.45) is 0. The van der Waals surface area contributed by atoms with Crippen LogP contribution >= 0.6 is 11.8 Å². The highest BCUT2D eigenvalue weighted by molar-refractivity contribution is 7.99. The normalized spacial score (nSPS) is 10.3. The molecule has 82 valence electrons. The molecule has 0 unspecified atom stereocenters. The van der Waals surface area contributed by atoms with Crippen molar-refractivity contribution in [1.82, 2.24) is 20.2 Å². The van der Waals surface area contributed by atoms with Gasteiger partial charge in [-0.05, 0) is 29.1 Å². The molecular weight excluding hydrogens is 230 g/mol. The summed E-state index contributed by atoms with van der Waals surface area (Å²) >= 11 is 1.30. The van der Waals surface area contributed by atoms with E-state index >= 15 is 0 Å². The van der Waals surface area contributed by atoms with Crippen LogP contribution in [0.25, 0.3) is 0 Å². The van der Waals surface area contributed by atoms with Crippen molar-refractivity contribution in [3.63, 3.8) is 0 Å². The van der Waals surface area contributed by atoms with Gasteiger partial charge in [-0.1, -0.05) is 0 Å². The Labute approximate surface area is 94.6 Å². The zero-order chi connectivity index (χ0) is 11.5. The molecule has 7 nitrogen and oxygen atoms in total. The van der Waals surface area contributed by atoms with Crippen LogP contribution in [0.5, 0.6) is 0 Å². The molecule has 0 aliphatic heterocycles. The van der Waals surface area contributed by atoms with Crippen molar-refractivity contribution in [3.05, 3.63) is 34.4 Å². The first-order valence-electron chi connectivity index (χ1n) is 4.31. The zero-order valence-electron chi connectivity index (χ0n) is 8.27. The molecule has 0 aliphatic carbocycles. The van der Waals surface area contributed by atoms with Crippen LogP contribution in [0.2, 0.25) is 0 Å². The van der Waals surface area contributed by atoms with Gasteiger partial charge in [0.05, 0.1) is 12.0 Å². The van der Waals surface area contributed by atoms with E-state index in [0.717, 1.165) is 4.90 Å². The van der Waals surface area contributed by atoms with Crippen LogP contribution in [0.4, 0.5) is 5.69 Å². The Morgan fingerprint density at radius 3 is 2.56 bits per heavy atom. The fourth-order valence-electron chi connectivity index (χ4n) is 1.05. The van der Waals surface area contributed by atoms with E-state index < -0.39 is 4.92 Å². The summed E-state index contributed by atoms with van der Waals surface area (Å²) in [7, 11) is 1.67. The predicted octanol–water partition coefficient (Wildman–Crippen LogP) is 1.27. The van der Waals surface area contributed by atoms with E-state index in [2.05, 4.69) is 15.4 Å². The first-order chi connectivity index (χ1) is 7.65. The molecule has 0 N–H and O–H groups in total. The Morgan fingerprint density at radius 2 is 2.06 bits per heavy atom. The van der Waals surface area contributed by atoms with Crippen molar-refractivity contribution in [3.8, 4) is 0 Å². The van der Waals surface area contributed by atoms with Gasteiger partial charge in [-0.2, -0.15) is 4.80 Å². The minimum Gasteiger partial charge on any atom is -0.258 e. The first-order valence-corrected chi connectivity index (χ1v) is 5.13. The minimum absolute atomic E-state index is 0.0662. The van der Waals surface area contributed by atoms with Gasteiger partial charge in [-0.3, -0.25) is 10.1 Å². The van der Waals surface area contributed by atoms with Gasteiger partial charge in [0, 0.05) is 17.0 Å². The molecule has 0 radical (unpaired) electrons. The van der Waals surface area contributed by atoms with Crippen LogP contribution in [0.3, 0.4) is 0 Å². The molecule has 0 atom stereocenters. The van der Waals surface area contributed by atoms with Crippen LogP contribution in [0.15, 0.2) is 34.3 Å². The van der Waals surface area contributed by atoms with Crippen molar-refractivity contribution >= 4 is 17.4 Å². The number of aromatic nitrogens is 4. The molecule has 1 heterocycles. The number of rotatable bonds is 3. The third-order valence-corrected chi connectivity index (χ3v) is 2.60. The van der Waals surface area contributed by atoms with Gasteiger partial charge < -0.3 is 0 Å². The summed E-state index contributed by atoms with van der Waals surface area (Å²) in [6, 6.07) is 6.19. The zero-order valence-corrected chi connectivity index (χ0v) is 9.09. The van der Waals surface area contributed by atoms with E-state index in [1.54, 1.807) is 19.2 Å². The van der Waals surface area contributed by atoms with Crippen LogP contribution in [0.1, 0.15) is 0 Å². The van der Waals surface area contributed by atoms with E-state index in [0.29, 0.717) is 5.16 Å². The molecule has 0 bridgehead atoms. The van der Waals surface area contributed by atoms with Gasteiger partial charge >= 0.3 is 0 Å². The molecule has 0 saturated carbocycles. The van der Waals surface area contributed by atoms with Crippen molar-refractivity contribution in [2.45, 2.75) is 10.1 Å². The molecule has 0 spiro atoms. The lowest BCUT2D eigenvalue weighted by molar-refractivity contribution is -0.384. The van der Waals surface area contributed by atoms with Crippen LogP contribution in [-0.2, 0) is 7.05 Å². The Balaban J connectivity index is 2.14. The summed E-state index contributed by atoms with van der Waals surface area (Å²) < 4.78 is 0. The molecule has 16 heavy (non-hydrogen) atoms. The number of hydrogen-bond acceptors (Lipinski definition) is 6. The third kappa shape index (κ3) is 2.34. The second-order valence-corrected chi connectivity index (χ2v) is 3.96.